The van der Waals surface area contributed by atoms with Gasteiger partial charge in [0.25, 0.3) is 5.91 Å². The van der Waals surface area contributed by atoms with Gasteiger partial charge in [0, 0.05) is 31.1 Å². The molecule has 0 fully saturated rings. The van der Waals surface area contributed by atoms with Crippen molar-refractivity contribution in [3.05, 3.63) is 90.0 Å². The average molecular weight is 333 g/mol. The number of carbonyl (C=O) groups excluding carboxylic acids is 1. The van der Waals surface area contributed by atoms with E-state index in [0.29, 0.717) is 25.1 Å². The Morgan fingerprint density at radius 3 is 2.48 bits per heavy atom. The fourth-order valence-electron chi connectivity index (χ4n) is 2.27. The summed E-state index contributed by atoms with van der Waals surface area (Å²) >= 11 is 0. The summed E-state index contributed by atoms with van der Waals surface area (Å²) < 4.78 is 5.64. The third-order valence-corrected chi connectivity index (χ3v) is 3.61. The number of rotatable bonds is 7. The van der Waals surface area contributed by atoms with Gasteiger partial charge in [0.05, 0.1) is 11.3 Å². The zero-order chi connectivity index (χ0) is 17.3. The molecule has 0 atom stereocenters. The fourth-order valence-corrected chi connectivity index (χ4v) is 2.27. The Labute approximate surface area is 146 Å². The predicted molar refractivity (Wildman–Crippen MR) is 95.3 cm³/mol. The Balaban J connectivity index is 1.47. The summed E-state index contributed by atoms with van der Waals surface area (Å²) in [5.41, 5.74) is 2.26. The van der Waals surface area contributed by atoms with Gasteiger partial charge in [-0.25, -0.2) is 0 Å². The lowest BCUT2D eigenvalue weighted by Gasteiger charge is -2.07. The van der Waals surface area contributed by atoms with Crippen molar-refractivity contribution >= 4 is 5.91 Å². The van der Waals surface area contributed by atoms with Gasteiger partial charge < -0.3 is 10.1 Å². The molecule has 3 rings (SSSR count). The van der Waals surface area contributed by atoms with E-state index in [2.05, 4.69) is 15.3 Å². The number of benzene rings is 1. The molecule has 0 aliphatic rings. The van der Waals surface area contributed by atoms with Gasteiger partial charge in [-0.3, -0.25) is 14.8 Å². The Morgan fingerprint density at radius 2 is 1.76 bits per heavy atom. The Morgan fingerprint density at radius 1 is 0.920 bits per heavy atom. The van der Waals surface area contributed by atoms with Crippen LogP contribution in [0.4, 0.5) is 0 Å². The van der Waals surface area contributed by atoms with Crippen LogP contribution in [-0.2, 0) is 13.0 Å². The SMILES string of the molecule is O=C(NCCc1ccccn1)c1ccc(COc2ccccc2)nc1. The van der Waals surface area contributed by atoms with Gasteiger partial charge in [-0.2, -0.15) is 0 Å². The number of nitrogens with one attached hydrogen (secondary N) is 1. The third-order valence-electron chi connectivity index (χ3n) is 3.61. The highest BCUT2D eigenvalue weighted by molar-refractivity contribution is 5.93. The lowest BCUT2D eigenvalue weighted by molar-refractivity contribution is 0.0953. The molecule has 126 valence electrons. The van der Waals surface area contributed by atoms with Gasteiger partial charge in [-0.05, 0) is 36.4 Å². The first-order valence-electron chi connectivity index (χ1n) is 8.12. The predicted octanol–water partition coefficient (Wildman–Crippen LogP) is 3.03. The minimum absolute atomic E-state index is 0.140. The van der Waals surface area contributed by atoms with Crippen LogP contribution in [0.2, 0.25) is 0 Å². The molecule has 0 aliphatic heterocycles. The van der Waals surface area contributed by atoms with Gasteiger partial charge in [-0.15, -0.1) is 0 Å². The molecule has 0 saturated heterocycles. The normalized spacial score (nSPS) is 10.2. The lowest BCUT2D eigenvalue weighted by Crippen LogP contribution is -2.26. The molecular formula is C20H19N3O2. The van der Waals surface area contributed by atoms with E-state index in [-0.39, 0.29) is 5.91 Å². The van der Waals surface area contributed by atoms with Crippen molar-refractivity contribution in [3.63, 3.8) is 0 Å². The third kappa shape index (κ3) is 5.14. The quantitative estimate of drug-likeness (QED) is 0.722. The smallest absolute Gasteiger partial charge is 0.252 e. The van der Waals surface area contributed by atoms with E-state index in [1.54, 1.807) is 24.5 Å². The molecule has 5 nitrogen and oxygen atoms in total. The summed E-state index contributed by atoms with van der Waals surface area (Å²) in [6.45, 7) is 0.903. The Bertz CT molecular complexity index is 790. The zero-order valence-electron chi connectivity index (χ0n) is 13.8. The van der Waals surface area contributed by atoms with Crippen molar-refractivity contribution in [2.24, 2.45) is 0 Å². The van der Waals surface area contributed by atoms with E-state index in [9.17, 15) is 4.79 Å². The zero-order valence-corrected chi connectivity index (χ0v) is 13.8. The van der Waals surface area contributed by atoms with Crippen LogP contribution in [0.15, 0.2) is 73.1 Å². The molecule has 2 aromatic heterocycles. The largest absolute Gasteiger partial charge is 0.487 e. The minimum atomic E-state index is -0.140. The van der Waals surface area contributed by atoms with E-state index < -0.39 is 0 Å². The molecule has 2 heterocycles. The Hall–Kier alpha value is -3.21. The van der Waals surface area contributed by atoms with Crippen molar-refractivity contribution < 1.29 is 9.53 Å². The first-order valence-corrected chi connectivity index (χ1v) is 8.12. The number of ether oxygens (including phenoxy) is 1. The lowest BCUT2D eigenvalue weighted by atomic mass is 10.2. The van der Waals surface area contributed by atoms with Crippen LogP contribution in [0.5, 0.6) is 5.75 Å². The van der Waals surface area contributed by atoms with Crippen molar-refractivity contribution in [3.8, 4) is 5.75 Å². The molecule has 0 radical (unpaired) electrons. The van der Waals surface area contributed by atoms with Gasteiger partial charge >= 0.3 is 0 Å². The highest BCUT2D eigenvalue weighted by Crippen LogP contribution is 2.11. The number of nitrogens with zero attached hydrogens (tertiary/aromatic N) is 2. The standard InChI is InChI=1S/C20H19N3O2/c24-20(22-13-11-17-6-4-5-12-21-17)16-9-10-18(23-14-16)15-25-19-7-2-1-3-8-19/h1-10,12,14H,11,13,15H2,(H,22,24). The van der Waals surface area contributed by atoms with Gasteiger partial charge in [0.1, 0.15) is 12.4 Å². The van der Waals surface area contributed by atoms with E-state index >= 15 is 0 Å². The minimum Gasteiger partial charge on any atom is -0.487 e. The maximum absolute atomic E-state index is 12.1. The maximum atomic E-state index is 12.1. The van der Waals surface area contributed by atoms with Crippen molar-refractivity contribution in [2.45, 2.75) is 13.0 Å². The second-order valence-electron chi connectivity index (χ2n) is 5.47. The number of carbonyl (C=O) groups is 1. The van der Waals surface area contributed by atoms with Crippen LogP contribution < -0.4 is 10.1 Å². The van der Waals surface area contributed by atoms with Crippen LogP contribution in [-0.4, -0.2) is 22.4 Å². The number of hydrogen-bond acceptors (Lipinski definition) is 4. The molecule has 5 heteroatoms. The van der Waals surface area contributed by atoms with E-state index in [1.807, 2.05) is 48.5 Å². The molecule has 0 spiro atoms. The average Bonchev–Trinajstić information content (AvgIpc) is 2.68. The van der Waals surface area contributed by atoms with Crippen molar-refractivity contribution in [1.82, 2.24) is 15.3 Å². The molecule has 25 heavy (non-hydrogen) atoms. The molecule has 0 aliphatic carbocycles. The fraction of sp³-hybridized carbons (Fsp3) is 0.150. The molecule has 1 N–H and O–H groups in total. The van der Waals surface area contributed by atoms with Gasteiger partial charge in [0.2, 0.25) is 0 Å². The Kier molecular flexibility index (Phi) is 5.72. The molecule has 1 amide bonds. The number of pyridine rings is 2. The monoisotopic (exact) mass is 333 g/mol. The number of aromatic nitrogens is 2. The van der Waals surface area contributed by atoms with Crippen LogP contribution in [0.1, 0.15) is 21.7 Å². The van der Waals surface area contributed by atoms with Crippen LogP contribution in [0.25, 0.3) is 0 Å². The van der Waals surface area contributed by atoms with Crippen LogP contribution in [0.3, 0.4) is 0 Å². The van der Waals surface area contributed by atoms with Crippen molar-refractivity contribution in [2.75, 3.05) is 6.54 Å². The number of hydrogen-bond donors (Lipinski definition) is 1. The second-order valence-corrected chi connectivity index (χ2v) is 5.47. The summed E-state index contributed by atoms with van der Waals surface area (Å²) in [6, 6.07) is 18.9. The molecular weight excluding hydrogens is 314 g/mol. The first-order chi connectivity index (χ1) is 12.3. The molecule has 0 saturated carbocycles. The van der Waals surface area contributed by atoms with E-state index in [4.69, 9.17) is 4.74 Å². The summed E-state index contributed by atoms with van der Waals surface area (Å²) in [7, 11) is 0. The first kappa shape index (κ1) is 16.6. The van der Waals surface area contributed by atoms with Crippen LogP contribution in [0, 0.1) is 0 Å². The van der Waals surface area contributed by atoms with Gasteiger partial charge in [0.15, 0.2) is 0 Å². The van der Waals surface area contributed by atoms with E-state index in [0.717, 1.165) is 17.1 Å². The topological polar surface area (TPSA) is 64.1 Å². The summed E-state index contributed by atoms with van der Waals surface area (Å²) in [4.78, 5) is 20.6. The number of amides is 1. The van der Waals surface area contributed by atoms with Crippen LogP contribution >= 0.6 is 0 Å². The molecule has 1 aromatic carbocycles. The molecule has 0 unspecified atom stereocenters. The maximum Gasteiger partial charge on any atom is 0.252 e. The van der Waals surface area contributed by atoms with Crippen molar-refractivity contribution in [1.29, 1.82) is 0 Å². The second kappa shape index (κ2) is 8.59. The summed E-state index contributed by atoms with van der Waals surface area (Å²) in [5, 5.41) is 2.87. The highest BCUT2D eigenvalue weighted by Gasteiger charge is 2.06. The van der Waals surface area contributed by atoms with E-state index in [1.165, 1.54) is 0 Å². The molecule has 0 bridgehead atoms. The van der Waals surface area contributed by atoms with Gasteiger partial charge in [-0.1, -0.05) is 24.3 Å². The summed E-state index contributed by atoms with van der Waals surface area (Å²) in [5.74, 6) is 0.652. The summed E-state index contributed by atoms with van der Waals surface area (Å²) in [6.07, 6.45) is 4.01. The number of para-hydroxylation sites is 1. The molecule has 3 aromatic rings. The highest BCUT2D eigenvalue weighted by atomic mass is 16.5.